The molecule has 0 aliphatic heterocycles. The van der Waals surface area contributed by atoms with Gasteiger partial charge in [-0.15, -0.1) is 0 Å². The van der Waals surface area contributed by atoms with Crippen LogP contribution in [0.1, 0.15) is 36.7 Å². The van der Waals surface area contributed by atoms with Crippen molar-refractivity contribution >= 4 is 11.6 Å². The van der Waals surface area contributed by atoms with E-state index in [1.54, 1.807) is 6.07 Å². The van der Waals surface area contributed by atoms with E-state index in [0.717, 1.165) is 0 Å². The van der Waals surface area contributed by atoms with E-state index < -0.39 is 12.0 Å². The molecule has 1 aromatic rings. The second-order valence-electron chi connectivity index (χ2n) is 6.06. The molecule has 9 nitrogen and oxygen atoms in total. The molecule has 0 saturated carbocycles. The van der Waals surface area contributed by atoms with E-state index in [1.807, 2.05) is 20.8 Å². The highest BCUT2D eigenvalue weighted by Crippen LogP contribution is 2.20. The van der Waals surface area contributed by atoms with Crippen molar-refractivity contribution in [3.05, 3.63) is 50.2 Å². The van der Waals surface area contributed by atoms with Gasteiger partial charge >= 0.3 is 0 Å². The summed E-state index contributed by atoms with van der Waals surface area (Å²) in [5.41, 5.74) is 17.6. The summed E-state index contributed by atoms with van der Waals surface area (Å²) in [5, 5.41) is 19.5. The van der Waals surface area contributed by atoms with Crippen molar-refractivity contribution in [2.75, 3.05) is 6.54 Å². The summed E-state index contributed by atoms with van der Waals surface area (Å²) in [7, 11) is 0. The molecular formula is C14H19N7O2. The standard InChI is InChI=1S/C14H19N7O2/c1-14(2,3)12(22)8-17-13(23)10-4-9(7-18-20-15)5-11(6-10)19-21-16/h4-6,12,22H,7-8H2,1-3H3,(H,17,23)/t12-/m1/s1. The summed E-state index contributed by atoms with van der Waals surface area (Å²) in [6, 6.07) is 4.51. The zero-order valence-electron chi connectivity index (χ0n) is 13.3. The van der Waals surface area contributed by atoms with Gasteiger partial charge in [0.15, 0.2) is 0 Å². The monoisotopic (exact) mass is 317 g/mol. The van der Waals surface area contributed by atoms with E-state index in [2.05, 4.69) is 25.4 Å². The normalized spacial score (nSPS) is 11.8. The molecule has 0 aliphatic carbocycles. The number of azide groups is 2. The largest absolute Gasteiger partial charge is 0.391 e. The van der Waals surface area contributed by atoms with Gasteiger partial charge in [-0.3, -0.25) is 4.79 Å². The Morgan fingerprint density at radius 3 is 2.57 bits per heavy atom. The molecule has 0 saturated heterocycles. The molecule has 2 N–H and O–H groups in total. The van der Waals surface area contributed by atoms with Crippen LogP contribution in [0.4, 0.5) is 5.69 Å². The van der Waals surface area contributed by atoms with Crippen molar-refractivity contribution in [3.8, 4) is 0 Å². The molecule has 0 unspecified atom stereocenters. The number of aliphatic hydroxyl groups is 1. The van der Waals surface area contributed by atoms with Crippen LogP contribution in [0.5, 0.6) is 0 Å². The summed E-state index contributed by atoms with van der Waals surface area (Å²) in [6.45, 7) is 5.73. The molecule has 0 heterocycles. The predicted octanol–water partition coefficient (Wildman–Crippen LogP) is 3.58. The topological polar surface area (TPSA) is 147 Å². The van der Waals surface area contributed by atoms with E-state index in [-0.39, 0.29) is 29.8 Å². The van der Waals surface area contributed by atoms with Crippen molar-refractivity contribution in [1.29, 1.82) is 0 Å². The quantitative estimate of drug-likeness (QED) is 0.469. The fourth-order valence-corrected chi connectivity index (χ4v) is 1.72. The number of hydrogen-bond donors (Lipinski definition) is 2. The Kier molecular flexibility index (Phi) is 6.41. The van der Waals surface area contributed by atoms with Crippen molar-refractivity contribution < 1.29 is 9.90 Å². The Bertz CT molecular complexity index is 668. The lowest BCUT2D eigenvalue weighted by Gasteiger charge is -2.25. The van der Waals surface area contributed by atoms with Gasteiger partial charge in [0.2, 0.25) is 0 Å². The number of aliphatic hydroxyl groups excluding tert-OH is 1. The molecule has 0 aromatic heterocycles. The SMILES string of the molecule is CC(C)(C)[C@H](O)CNC(=O)c1cc(CN=[N+]=[N-])cc(N=[N+]=[N-])c1. The minimum atomic E-state index is -0.700. The second-order valence-corrected chi connectivity index (χ2v) is 6.06. The zero-order valence-corrected chi connectivity index (χ0v) is 13.3. The third kappa shape index (κ3) is 5.88. The molecule has 1 aromatic carbocycles. The fourth-order valence-electron chi connectivity index (χ4n) is 1.72. The lowest BCUT2D eigenvalue weighted by Crippen LogP contribution is -2.39. The summed E-state index contributed by atoms with van der Waals surface area (Å²) < 4.78 is 0. The molecule has 0 fully saturated rings. The Balaban J connectivity index is 2.96. The zero-order chi connectivity index (χ0) is 17.5. The summed E-state index contributed by atoms with van der Waals surface area (Å²) >= 11 is 0. The molecule has 1 atom stereocenters. The van der Waals surface area contributed by atoms with Crippen molar-refractivity contribution in [2.45, 2.75) is 33.4 Å². The maximum atomic E-state index is 12.2. The van der Waals surface area contributed by atoms with Gasteiger partial charge in [0, 0.05) is 27.6 Å². The first-order valence-electron chi connectivity index (χ1n) is 6.94. The maximum absolute atomic E-state index is 12.2. The molecular weight excluding hydrogens is 298 g/mol. The van der Waals surface area contributed by atoms with Gasteiger partial charge < -0.3 is 10.4 Å². The maximum Gasteiger partial charge on any atom is 0.251 e. The number of nitrogens with one attached hydrogen (secondary N) is 1. The molecule has 1 rings (SSSR count). The number of rotatable bonds is 6. The van der Waals surface area contributed by atoms with Crippen LogP contribution in [0.3, 0.4) is 0 Å². The van der Waals surface area contributed by atoms with Gasteiger partial charge in [0.25, 0.3) is 5.91 Å². The van der Waals surface area contributed by atoms with Gasteiger partial charge in [-0.2, -0.15) is 0 Å². The van der Waals surface area contributed by atoms with Crippen molar-refractivity contribution in [3.63, 3.8) is 0 Å². The average Bonchev–Trinajstić information content (AvgIpc) is 2.49. The van der Waals surface area contributed by atoms with Gasteiger partial charge in [0.05, 0.1) is 12.6 Å². The lowest BCUT2D eigenvalue weighted by molar-refractivity contribution is 0.0587. The first-order chi connectivity index (χ1) is 10.8. The number of carbonyl (C=O) groups is 1. The summed E-state index contributed by atoms with van der Waals surface area (Å²) in [5.74, 6) is -0.412. The Morgan fingerprint density at radius 1 is 1.30 bits per heavy atom. The number of carbonyl (C=O) groups excluding carboxylic acids is 1. The van der Waals surface area contributed by atoms with Gasteiger partial charge in [-0.25, -0.2) is 0 Å². The second kappa shape index (κ2) is 8.05. The minimum Gasteiger partial charge on any atom is -0.391 e. The predicted molar refractivity (Wildman–Crippen MR) is 85.9 cm³/mol. The first kappa shape index (κ1) is 18.3. The van der Waals surface area contributed by atoms with E-state index in [0.29, 0.717) is 5.56 Å². The lowest BCUT2D eigenvalue weighted by atomic mass is 9.89. The molecule has 0 spiro atoms. The average molecular weight is 317 g/mol. The van der Waals surface area contributed by atoms with Crippen LogP contribution in [0, 0.1) is 5.41 Å². The van der Waals surface area contributed by atoms with Crippen LogP contribution >= 0.6 is 0 Å². The van der Waals surface area contributed by atoms with Crippen LogP contribution in [0.15, 0.2) is 28.4 Å². The molecule has 0 radical (unpaired) electrons. The molecule has 0 bridgehead atoms. The summed E-state index contributed by atoms with van der Waals surface area (Å²) in [6.07, 6.45) is -0.700. The summed E-state index contributed by atoms with van der Waals surface area (Å²) in [4.78, 5) is 17.5. The van der Waals surface area contributed by atoms with E-state index in [1.165, 1.54) is 12.1 Å². The van der Waals surface area contributed by atoms with E-state index in [4.69, 9.17) is 11.1 Å². The van der Waals surface area contributed by atoms with Crippen molar-refractivity contribution in [1.82, 2.24) is 5.32 Å². The van der Waals surface area contributed by atoms with E-state index >= 15 is 0 Å². The first-order valence-corrected chi connectivity index (χ1v) is 6.94. The molecule has 9 heteroatoms. The van der Waals surface area contributed by atoms with Gasteiger partial charge in [-0.1, -0.05) is 31.0 Å². The number of nitrogens with zero attached hydrogens (tertiary/aromatic N) is 6. The van der Waals surface area contributed by atoms with Crippen LogP contribution < -0.4 is 5.32 Å². The Morgan fingerprint density at radius 2 is 2.00 bits per heavy atom. The third-order valence-corrected chi connectivity index (χ3v) is 3.17. The van der Waals surface area contributed by atoms with Crippen LogP contribution in [-0.2, 0) is 6.54 Å². The molecule has 23 heavy (non-hydrogen) atoms. The van der Waals surface area contributed by atoms with Gasteiger partial charge in [0.1, 0.15) is 0 Å². The Hall–Kier alpha value is -2.73. The number of amides is 1. The highest BCUT2D eigenvalue weighted by Gasteiger charge is 2.22. The van der Waals surface area contributed by atoms with Gasteiger partial charge in [-0.05, 0) is 40.2 Å². The highest BCUT2D eigenvalue weighted by atomic mass is 16.3. The fraction of sp³-hybridized carbons (Fsp3) is 0.500. The van der Waals surface area contributed by atoms with Crippen LogP contribution in [0.2, 0.25) is 0 Å². The minimum absolute atomic E-state index is 0.0379. The third-order valence-electron chi connectivity index (χ3n) is 3.17. The van der Waals surface area contributed by atoms with Crippen LogP contribution in [-0.4, -0.2) is 23.7 Å². The van der Waals surface area contributed by atoms with Crippen LogP contribution in [0.25, 0.3) is 20.9 Å². The molecule has 1 amide bonds. The smallest absolute Gasteiger partial charge is 0.251 e. The highest BCUT2D eigenvalue weighted by molar-refractivity contribution is 5.95. The Labute approximate surface area is 133 Å². The van der Waals surface area contributed by atoms with E-state index in [9.17, 15) is 9.90 Å². The van der Waals surface area contributed by atoms with Crippen molar-refractivity contribution in [2.24, 2.45) is 15.6 Å². The molecule has 0 aliphatic rings. The molecule has 122 valence electrons. The number of benzene rings is 1. The number of hydrogen-bond acceptors (Lipinski definition) is 4.